The molecule has 0 spiro atoms. The maximum absolute atomic E-state index is 11.4. The second kappa shape index (κ2) is 4.23. The number of anilines is 2. The minimum absolute atomic E-state index is 0.294. The number of hydrogen-bond acceptors (Lipinski definition) is 5. The summed E-state index contributed by atoms with van der Waals surface area (Å²) in [5.74, 6) is 0.555. The molecule has 0 unspecified atom stereocenters. The number of fused-ring (bicyclic) bond motifs is 1. The van der Waals surface area contributed by atoms with Gasteiger partial charge in [-0.2, -0.15) is 14.7 Å². The lowest BCUT2D eigenvalue weighted by atomic mass is 10.4. The van der Waals surface area contributed by atoms with Gasteiger partial charge in [0.15, 0.2) is 11.5 Å². The predicted octanol–water partition coefficient (Wildman–Crippen LogP) is 0.939. The Balaban J connectivity index is 1.91. The van der Waals surface area contributed by atoms with Crippen molar-refractivity contribution in [2.75, 3.05) is 5.32 Å². The zero-order valence-electron chi connectivity index (χ0n) is 10.5. The fraction of sp³-hybridized carbons (Fsp3) is 0.273. The van der Waals surface area contributed by atoms with E-state index in [0.717, 1.165) is 5.69 Å². The summed E-state index contributed by atoms with van der Waals surface area (Å²) < 4.78 is 3.04. The summed E-state index contributed by atoms with van der Waals surface area (Å²) in [6, 6.07) is 3.75. The molecular formula is C11H13N7O. The van der Waals surface area contributed by atoms with Crippen molar-refractivity contribution in [2.45, 2.75) is 19.9 Å². The average Bonchev–Trinajstić information content (AvgIpc) is 2.98. The largest absolute Gasteiger partial charge is 0.364 e. The van der Waals surface area contributed by atoms with E-state index >= 15 is 0 Å². The molecule has 19 heavy (non-hydrogen) atoms. The van der Waals surface area contributed by atoms with Crippen molar-refractivity contribution >= 4 is 17.2 Å². The Morgan fingerprint density at radius 3 is 2.95 bits per heavy atom. The molecule has 0 saturated heterocycles. The highest BCUT2D eigenvalue weighted by atomic mass is 16.2. The molecule has 0 radical (unpaired) electrons. The molecular weight excluding hydrogens is 246 g/mol. The molecule has 3 rings (SSSR count). The normalized spacial score (nSPS) is 11.3. The standard InChI is InChI=1S/C11H13N7O/c1-7(2)17-6-8(5-12-17)13-9-3-4-10-14-15-11(19)18(10)16-9/h3-7H,1-2H3,(H,13,16)(H,15,19). The van der Waals surface area contributed by atoms with Crippen LogP contribution < -0.4 is 11.0 Å². The number of nitrogens with zero attached hydrogens (tertiary/aromatic N) is 5. The highest BCUT2D eigenvalue weighted by molar-refractivity contribution is 5.55. The van der Waals surface area contributed by atoms with Crippen LogP contribution in [0.1, 0.15) is 19.9 Å². The fourth-order valence-corrected chi connectivity index (χ4v) is 1.70. The number of H-pyrrole nitrogens is 1. The topological polar surface area (TPSA) is 92.9 Å². The second-order valence-corrected chi connectivity index (χ2v) is 4.45. The van der Waals surface area contributed by atoms with E-state index in [-0.39, 0.29) is 5.69 Å². The lowest BCUT2D eigenvalue weighted by Crippen LogP contribution is -2.13. The molecule has 3 aromatic rings. The number of nitrogens with one attached hydrogen (secondary N) is 2. The SMILES string of the molecule is CC(C)n1cc(Nc2ccc3n[nH]c(=O)n3n2)cn1. The Hall–Kier alpha value is -2.64. The van der Waals surface area contributed by atoms with E-state index in [1.54, 1.807) is 18.3 Å². The number of hydrogen-bond donors (Lipinski definition) is 2. The van der Waals surface area contributed by atoms with Crippen LogP contribution >= 0.6 is 0 Å². The zero-order chi connectivity index (χ0) is 13.4. The van der Waals surface area contributed by atoms with E-state index in [2.05, 4.69) is 25.7 Å². The molecule has 98 valence electrons. The minimum atomic E-state index is -0.364. The third-order valence-corrected chi connectivity index (χ3v) is 2.68. The van der Waals surface area contributed by atoms with Crippen molar-refractivity contribution in [3.05, 3.63) is 35.0 Å². The van der Waals surface area contributed by atoms with Crippen LogP contribution in [0.5, 0.6) is 0 Å². The molecule has 3 heterocycles. The Morgan fingerprint density at radius 2 is 2.21 bits per heavy atom. The summed E-state index contributed by atoms with van der Waals surface area (Å²) in [6.07, 6.45) is 3.60. The lowest BCUT2D eigenvalue weighted by Gasteiger charge is -2.04. The first-order valence-corrected chi connectivity index (χ1v) is 5.89. The first kappa shape index (κ1) is 11.5. The van der Waals surface area contributed by atoms with Crippen LogP contribution in [0.3, 0.4) is 0 Å². The predicted molar refractivity (Wildman–Crippen MR) is 69.5 cm³/mol. The number of aromatic nitrogens is 6. The third-order valence-electron chi connectivity index (χ3n) is 2.68. The van der Waals surface area contributed by atoms with E-state index in [4.69, 9.17) is 0 Å². The van der Waals surface area contributed by atoms with Crippen LogP contribution in [0.2, 0.25) is 0 Å². The molecule has 0 aliphatic rings. The Kier molecular flexibility index (Phi) is 2.55. The maximum atomic E-state index is 11.4. The molecule has 8 nitrogen and oxygen atoms in total. The van der Waals surface area contributed by atoms with E-state index in [1.165, 1.54) is 4.52 Å². The minimum Gasteiger partial charge on any atom is -0.336 e. The van der Waals surface area contributed by atoms with Gasteiger partial charge >= 0.3 is 5.69 Å². The van der Waals surface area contributed by atoms with Crippen molar-refractivity contribution in [3.63, 3.8) is 0 Å². The lowest BCUT2D eigenvalue weighted by molar-refractivity contribution is 0.532. The van der Waals surface area contributed by atoms with Crippen molar-refractivity contribution in [1.82, 2.24) is 29.6 Å². The highest BCUT2D eigenvalue weighted by Gasteiger charge is 2.05. The number of rotatable bonds is 3. The molecule has 0 aliphatic heterocycles. The molecule has 8 heteroatoms. The summed E-state index contributed by atoms with van der Waals surface area (Å²) >= 11 is 0. The second-order valence-electron chi connectivity index (χ2n) is 4.45. The first-order valence-electron chi connectivity index (χ1n) is 5.89. The smallest absolute Gasteiger partial charge is 0.336 e. The molecule has 0 atom stereocenters. The molecule has 0 bridgehead atoms. The number of aromatic amines is 1. The molecule has 0 aromatic carbocycles. The Morgan fingerprint density at radius 1 is 1.37 bits per heavy atom. The van der Waals surface area contributed by atoms with Crippen LogP contribution in [-0.4, -0.2) is 29.6 Å². The van der Waals surface area contributed by atoms with Gasteiger partial charge in [0.1, 0.15) is 0 Å². The van der Waals surface area contributed by atoms with E-state index in [9.17, 15) is 4.79 Å². The molecule has 3 aromatic heterocycles. The van der Waals surface area contributed by atoms with Crippen molar-refractivity contribution < 1.29 is 0 Å². The van der Waals surface area contributed by atoms with E-state index in [0.29, 0.717) is 17.5 Å². The Bertz CT molecular complexity index is 767. The molecule has 0 amide bonds. The van der Waals surface area contributed by atoms with Gasteiger partial charge in [-0.15, -0.1) is 5.10 Å². The van der Waals surface area contributed by atoms with Crippen molar-refractivity contribution in [2.24, 2.45) is 0 Å². The summed E-state index contributed by atoms with van der Waals surface area (Å²) in [4.78, 5) is 11.4. The van der Waals surface area contributed by atoms with Gasteiger partial charge in [0, 0.05) is 12.2 Å². The summed E-state index contributed by atoms with van der Waals surface area (Å²) in [6.45, 7) is 4.10. The van der Waals surface area contributed by atoms with Crippen LogP contribution in [0.25, 0.3) is 5.65 Å². The van der Waals surface area contributed by atoms with E-state index in [1.807, 2.05) is 24.7 Å². The maximum Gasteiger partial charge on any atom is 0.364 e. The molecule has 0 saturated carbocycles. The summed E-state index contributed by atoms with van der Waals surface area (Å²) in [7, 11) is 0. The highest BCUT2D eigenvalue weighted by Crippen LogP contribution is 2.15. The van der Waals surface area contributed by atoms with Gasteiger partial charge in [0.05, 0.1) is 11.9 Å². The van der Waals surface area contributed by atoms with E-state index < -0.39 is 0 Å². The van der Waals surface area contributed by atoms with Gasteiger partial charge in [-0.3, -0.25) is 4.68 Å². The zero-order valence-corrected chi connectivity index (χ0v) is 10.5. The molecule has 0 aliphatic carbocycles. The summed E-state index contributed by atoms with van der Waals surface area (Å²) in [5.41, 5.74) is 0.932. The molecule has 2 N–H and O–H groups in total. The van der Waals surface area contributed by atoms with Crippen LogP contribution in [0.4, 0.5) is 11.5 Å². The monoisotopic (exact) mass is 259 g/mol. The quantitative estimate of drug-likeness (QED) is 0.730. The van der Waals surface area contributed by atoms with Gasteiger partial charge in [0.25, 0.3) is 0 Å². The first-order chi connectivity index (χ1) is 9.13. The summed E-state index contributed by atoms with van der Waals surface area (Å²) in [5, 5.41) is 17.6. The van der Waals surface area contributed by atoms with Gasteiger partial charge in [-0.05, 0) is 26.0 Å². The van der Waals surface area contributed by atoms with Gasteiger partial charge < -0.3 is 5.32 Å². The van der Waals surface area contributed by atoms with Crippen LogP contribution in [-0.2, 0) is 0 Å². The Labute approximate surface area is 108 Å². The van der Waals surface area contributed by atoms with Gasteiger partial charge in [0.2, 0.25) is 0 Å². The van der Waals surface area contributed by atoms with Gasteiger partial charge in [-0.25, -0.2) is 9.89 Å². The van der Waals surface area contributed by atoms with Crippen LogP contribution in [0.15, 0.2) is 29.3 Å². The van der Waals surface area contributed by atoms with Gasteiger partial charge in [-0.1, -0.05) is 0 Å². The third kappa shape index (κ3) is 2.07. The molecule has 0 fully saturated rings. The van der Waals surface area contributed by atoms with Crippen molar-refractivity contribution in [3.8, 4) is 0 Å². The van der Waals surface area contributed by atoms with Crippen molar-refractivity contribution in [1.29, 1.82) is 0 Å². The fourth-order valence-electron chi connectivity index (χ4n) is 1.70. The average molecular weight is 259 g/mol. The van der Waals surface area contributed by atoms with Crippen LogP contribution in [0, 0.1) is 0 Å².